The number of anilines is 1. The quantitative estimate of drug-likeness (QED) is 0.411. The molecule has 0 fully saturated rings. The van der Waals surface area contributed by atoms with Crippen LogP contribution in [-0.4, -0.2) is 32.6 Å². The summed E-state index contributed by atoms with van der Waals surface area (Å²) in [4.78, 5) is 29.5. The number of pyridine rings is 1. The highest BCUT2D eigenvalue weighted by Gasteiger charge is 2.20. The molecule has 2 amide bonds. The van der Waals surface area contributed by atoms with Gasteiger partial charge in [-0.25, -0.2) is 9.67 Å². The molecule has 166 valence electrons. The van der Waals surface area contributed by atoms with Crippen LogP contribution in [0.3, 0.4) is 0 Å². The molecule has 10 heteroatoms. The summed E-state index contributed by atoms with van der Waals surface area (Å²) in [6.45, 7) is 5.56. The molecule has 0 aliphatic rings. The van der Waals surface area contributed by atoms with Gasteiger partial charge >= 0.3 is 0 Å². The van der Waals surface area contributed by atoms with Crippen molar-refractivity contribution in [3.63, 3.8) is 0 Å². The third kappa shape index (κ3) is 5.76. The van der Waals surface area contributed by atoms with Gasteiger partial charge in [-0.15, -0.1) is 0 Å². The number of rotatable bonds is 6. The third-order valence-electron chi connectivity index (χ3n) is 4.27. The van der Waals surface area contributed by atoms with Crippen molar-refractivity contribution in [3.8, 4) is 5.82 Å². The fourth-order valence-corrected chi connectivity index (χ4v) is 3.81. The van der Waals surface area contributed by atoms with Gasteiger partial charge in [0.05, 0.1) is 10.7 Å². The van der Waals surface area contributed by atoms with Crippen LogP contribution in [-0.2, 0) is 4.79 Å². The van der Waals surface area contributed by atoms with Crippen molar-refractivity contribution in [3.05, 3.63) is 74.1 Å². The monoisotopic (exact) mass is 535 g/mol. The molecule has 0 spiro atoms. The topological polar surface area (TPSA) is 88.9 Å². The highest BCUT2D eigenvalue weighted by molar-refractivity contribution is 9.10. The van der Waals surface area contributed by atoms with Crippen LogP contribution in [0.4, 0.5) is 5.69 Å². The van der Waals surface area contributed by atoms with Gasteiger partial charge in [0, 0.05) is 29.4 Å². The molecule has 0 unspecified atom stereocenters. The molecule has 0 aliphatic heterocycles. The number of hydrogen-bond donors (Lipinski definition) is 2. The number of benzene rings is 1. The Balaban J connectivity index is 1.97. The van der Waals surface area contributed by atoms with Crippen LogP contribution in [0.1, 0.15) is 35.5 Å². The van der Waals surface area contributed by atoms with Crippen molar-refractivity contribution in [2.45, 2.75) is 26.8 Å². The first-order valence-electron chi connectivity index (χ1n) is 9.62. The second-order valence-electron chi connectivity index (χ2n) is 7.21. The molecule has 1 aromatic carbocycles. The minimum atomic E-state index is -0.434. The summed E-state index contributed by atoms with van der Waals surface area (Å²) >= 11 is 15.8. The van der Waals surface area contributed by atoms with Crippen molar-refractivity contribution in [2.75, 3.05) is 5.32 Å². The normalized spacial score (nSPS) is 11.2. The minimum Gasteiger partial charge on any atom is -0.350 e. The first kappa shape index (κ1) is 24.0. The van der Waals surface area contributed by atoms with Gasteiger partial charge in [-0.05, 0) is 78.2 Å². The van der Waals surface area contributed by atoms with E-state index in [9.17, 15) is 9.59 Å². The third-order valence-corrected chi connectivity index (χ3v) is 5.17. The predicted octanol–water partition coefficient (Wildman–Crippen LogP) is 5.44. The summed E-state index contributed by atoms with van der Waals surface area (Å²) in [5, 5.41) is 10.8. The number of nitrogens with zero attached hydrogens (tertiary/aromatic N) is 3. The summed E-state index contributed by atoms with van der Waals surface area (Å²) in [5.41, 5.74) is 2.06. The number of hydrogen-bond acceptors (Lipinski definition) is 4. The summed E-state index contributed by atoms with van der Waals surface area (Å²) in [5.74, 6) is -0.360. The van der Waals surface area contributed by atoms with Crippen LogP contribution in [0.25, 0.3) is 11.9 Å². The van der Waals surface area contributed by atoms with Gasteiger partial charge in [-0.2, -0.15) is 5.10 Å². The Morgan fingerprint density at radius 3 is 2.66 bits per heavy atom. The number of amides is 2. The van der Waals surface area contributed by atoms with Crippen LogP contribution in [0.5, 0.6) is 0 Å². The second-order valence-corrected chi connectivity index (χ2v) is 8.87. The zero-order valence-corrected chi connectivity index (χ0v) is 20.6. The standard InChI is InChI=1S/C22H20BrCl2N5O2/c1-12(2)27-19(31)7-6-14-10-15(24)9-13(3)20(14)28-22(32)17-11-18(23)29-30(17)21-16(25)5-4-8-26-21/h4-12H,1-3H3,(H,27,31)(H,28,32)/b7-6+. The van der Waals surface area contributed by atoms with Gasteiger partial charge < -0.3 is 10.6 Å². The van der Waals surface area contributed by atoms with Crippen molar-refractivity contribution < 1.29 is 9.59 Å². The highest BCUT2D eigenvalue weighted by atomic mass is 79.9. The molecule has 0 aliphatic carbocycles. The molecule has 32 heavy (non-hydrogen) atoms. The van der Waals surface area contributed by atoms with Gasteiger partial charge in [0.15, 0.2) is 5.82 Å². The van der Waals surface area contributed by atoms with Gasteiger partial charge in [0.2, 0.25) is 5.91 Å². The lowest BCUT2D eigenvalue weighted by Crippen LogP contribution is -2.28. The van der Waals surface area contributed by atoms with E-state index in [1.54, 1.807) is 42.6 Å². The first-order chi connectivity index (χ1) is 15.2. The summed E-state index contributed by atoms with van der Waals surface area (Å²) < 4.78 is 1.81. The van der Waals surface area contributed by atoms with E-state index >= 15 is 0 Å². The fraction of sp³-hybridized carbons (Fsp3) is 0.182. The molecule has 0 bridgehead atoms. The molecule has 0 saturated carbocycles. The van der Waals surface area contributed by atoms with E-state index in [1.807, 2.05) is 20.8 Å². The molecule has 7 nitrogen and oxygen atoms in total. The molecule has 2 N–H and O–H groups in total. The fourth-order valence-electron chi connectivity index (χ4n) is 2.96. The van der Waals surface area contributed by atoms with E-state index in [0.29, 0.717) is 31.7 Å². The van der Waals surface area contributed by atoms with Crippen LogP contribution in [0.2, 0.25) is 10.0 Å². The number of halogens is 3. The first-order valence-corrected chi connectivity index (χ1v) is 11.2. The predicted molar refractivity (Wildman–Crippen MR) is 131 cm³/mol. The number of aryl methyl sites for hydroxylation is 1. The van der Waals surface area contributed by atoms with E-state index in [4.69, 9.17) is 23.2 Å². The lowest BCUT2D eigenvalue weighted by atomic mass is 10.1. The van der Waals surface area contributed by atoms with Gasteiger partial charge in [0.25, 0.3) is 5.91 Å². The van der Waals surface area contributed by atoms with Gasteiger partial charge in [-0.3, -0.25) is 9.59 Å². The smallest absolute Gasteiger partial charge is 0.274 e. The van der Waals surface area contributed by atoms with Gasteiger partial charge in [0.1, 0.15) is 10.3 Å². The van der Waals surface area contributed by atoms with Crippen LogP contribution >= 0.6 is 39.1 Å². The Labute approximate surface area is 203 Å². The SMILES string of the molecule is Cc1cc(Cl)cc(/C=C/C(=O)NC(C)C)c1NC(=O)c1cc(Br)nn1-c1ncccc1Cl. The maximum Gasteiger partial charge on any atom is 0.274 e. The number of aromatic nitrogens is 3. The Bertz CT molecular complexity index is 1210. The maximum atomic E-state index is 13.2. The Morgan fingerprint density at radius 1 is 1.22 bits per heavy atom. The lowest BCUT2D eigenvalue weighted by molar-refractivity contribution is -0.116. The van der Waals surface area contributed by atoms with E-state index < -0.39 is 5.91 Å². The van der Waals surface area contributed by atoms with Crippen molar-refractivity contribution >= 4 is 62.7 Å². The Morgan fingerprint density at radius 2 is 1.97 bits per heavy atom. The molecular weight excluding hydrogens is 517 g/mol. The summed E-state index contributed by atoms with van der Waals surface area (Å²) in [6, 6.07) is 8.32. The molecule has 0 saturated heterocycles. The van der Waals surface area contributed by atoms with Crippen LogP contribution in [0.15, 0.2) is 47.2 Å². The lowest BCUT2D eigenvalue weighted by Gasteiger charge is -2.14. The van der Waals surface area contributed by atoms with Crippen molar-refractivity contribution in [2.24, 2.45) is 0 Å². The average molecular weight is 537 g/mol. The maximum absolute atomic E-state index is 13.2. The molecule has 3 aromatic rings. The van der Waals surface area contributed by atoms with Gasteiger partial charge in [-0.1, -0.05) is 23.2 Å². The molecule has 0 radical (unpaired) electrons. The Kier molecular flexibility index (Phi) is 7.71. The highest BCUT2D eigenvalue weighted by Crippen LogP contribution is 2.28. The number of carbonyl (C=O) groups excluding carboxylic acids is 2. The molecule has 2 heterocycles. The van der Waals surface area contributed by atoms with E-state index in [-0.39, 0.29) is 17.6 Å². The van der Waals surface area contributed by atoms with Crippen LogP contribution < -0.4 is 10.6 Å². The summed E-state index contributed by atoms with van der Waals surface area (Å²) in [6.07, 6.45) is 4.57. The zero-order valence-electron chi connectivity index (χ0n) is 17.5. The number of carbonyl (C=O) groups is 2. The number of nitrogens with one attached hydrogen (secondary N) is 2. The van der Waals surface area contributed by atoms with Crippen molar-refractivity contribution in [1.82, 2.24) is 20.1 Å². The zero-order chi connectivity index (χ0) is 23.4. The molecule has 0 atom stereocenters. The largest absolute Gasteiger partial charge is 0.350 e. The molecule has 2 aromatic heterocycles. The molecule has 3 rings (SSSR count). The molecular formula is C22H20BrCl2N5O2. The van der Waals surface area contributed by atoms with Crippen molar-refractivity contribution in [1.29, 1.82) is 0 Å². The Hall–Kier alpha value is -2.68. The van der Waals surface area contributed by atoms with E-state index in [2.05, 4.69) is 36.6 Å². The average Bonchev–Trinajstić information content (AvgIpc) is 3.10. The van der Waals surface area contributed by atoms with E-state index in [1.165, 1.54) is 10.8 Å². The minimum absolute atomic E-state index is 0.00424. The summed E-state index contributed by atoms with van der Waals surface area (Å²) in [7, 11) is 0. The second kappa shape index (κ2) is 10.3. The van der Waals surface area contributed by atoms with E-state index in [0.717, 1.165) is 5.56 Å². The van der Waals surface area contributed by atoms with Crippen LogP contribution in [0, 0.1) is 6.92 Å².